The first-order chi connectivity index (χ1) is 12.2. The van der Waals surface area contributed by atoms with E-state index < -0.39 is 0 Å². The van der Waals surface area contributed by atoms with Crippen LogP contribution >= 0.6 is 0 Å². The minimum Gasteiger partial charge on any atom is -0.497 e. The summed E-state index contributed by atoms with van der Waals surface area (Å²) in [6.07, 6.45) is 1.18. The van der Waals surface area contributed by atoms with E-state index in [4.69, 9.17) is 9.47 Å². The number of pyridine rings is 1. The molecule has 2 aliphatic rings. The number of nitrogens with zero attached hydrogens (tertiary/aromatic N) is 2. The van der Waals surface area contributed by atoms with Crippen LogP contribution in [0.3, 0.4) is 0 Å². The lowest BCUT2D eigenvalue weighted by atomic mass is 9.83. The van der Waals surface area contributed by atoms with Gasteiger partial charge in [0.1, 0.15) is 11.5 Å². The van der Waals surface area contributed by atoms with Crippen molar-refractivity contribution in [2.45, 2.75) is 25.4 Å². The second kappa shape index (κ2) is 6.56. The third kappa shape index (κ3) is 3.04. The van der Waals surface area contributed by atoms with Gasteiger partial charge in [-0.25, -0.2) is 0 Å². The Hall–Kier alpha value is -2.27. The standard InChI is InChI=1S/C20H24N2O3/c1-24-17-7-6-15(19(9-17)25-2)12-21-10-14-8-16(13-21)18-4-3-5-20(23)22(18)11-14/h3-7,9,14,16H,8,10-13H2,1-2H3/t14-,16+/m1/s1. The molecule has 132 valence electrons. The van der Waals surface area contributed by atoms with Crippen LogP contribution in [0.15, 0.2) is 41.2 Å². The van der Waals surface area contributed by atoms with Gasteiger partial charge in [0.05, 0.1) is 14.2 Å². The van der Waals surface area contributed by atoms with E-state index in [-0.39, 0.29) is 5.56 Å². The van der Waals surface area contributed by atoms with Crippen LogP contribution in [0.5, 0.6) is 11.5 Å². The van der Waals surface area contributed by atoms with Gasteiger partial charge in [-0.1, -0.05) is 12.1 Å². The molecule has 0 amide bonds. The molecular weight excluding hydrogens is 316 g/mol. The number of hydrogen-bond donors (Lipinski definition) is 0. The molecule has 1 fully saturated rings. The average Bonchev–Trinajstić information content (AvgIpc) is 2.63. The highest BCUT2D eigenvalue weighted by Gasteiger charge is 2.34. The van der Waals surface area contributed by atoms with Gasteiger partial charge in [-0.2, -0.15) is 0 Å². The maximum absolute atomic E-state index is 12.1. The number of hydrogen-bond acceptors (Lipinski definition) is 4. The summed E-state index contributed by atoms with van der Waals surface area (Å²) in [6.45, 7) is 3.70. The molecule has 0 unspecified atom stereocenters. The Kier molecular flexibility index (Phi) is 4.25. The van der Waals surface area contributed by atoms with Crippen molar-refractivity contribution in [1.82, 2.24) is 9.47 Å². The Bertz CT molecular complexity index is 830. The van der Waals surface area contributed by atoms with E-state index in [9.17, 15) is 4.79 Å². The molecule has 5 heteroatoms. The topological polar surface area (TPSA) is 43.7 Å². The SMILES string of the molecule is COc1ccc(CN2C[C@H]3C[C@@H](C2)c2cccc(=O)n2C3)c(OC)c1. The summed E-state index contributed by atoms with van der Waals surface area (Å²) in [5, 5.41) is 0. The molecule has 1 aromatic carbocycles. The number of fused-ring (bicyclic) bond motifs is 4. The third-order valence-electron chi connectivity index (χ3n) is 5.44. The highest BCUT2D eigenvalue weighted by Crippen LogP contribution is 2.36. The van der Waals surface area contributed by atoms with Crippen LogP contribution < -0.4 is 15.0 Å². The first-order valence-electron chi connectivity index (χ1n) is 8.81. The zero-order valence-electron chi connectivity index (χ0n) is 14.8. The molecule has 0 spiro atoms. The molecule has 1 saturated heterocycles. The number of likely N-dealkylation sites (tertiary alicyclic amines) is 1. The lowest BCUT2D eigenvalue weighted by molar-refractivity contribution is 0.113. The van der Waals surface area contributed by atoms with Crippen molar-refractivity contribution in [3.63, 3.8) is 0 Å². The molecule has 0 N–H and O–H groups in total. The summed E-state index contributed by atoms with van der Waals surface area (Å²) >= 11 is 0. The smallest absolute Gasteiger partial charge is 0.250 e. The van der Waals surface area contributed by atoms with Gasteiger partial charge in [0.2, 0.25) is 0 Å². The van der Waals surface area contributed by atoms with Crippen molar-refractivity contribution in [2.75, 3.05) is 27.3 Å². The van der Waals surface area contributed by atoms with Gasteiger partial charge in [-0.3, -0.25) is 9.69 Å². The zero-order chi connectivity index (χ0) is 17.4. The fourth-order valence-corrected chi connectivity index (χ4v) is 4.35. The van der Waals surface area contributed by atoms with Crippen LogP contribution in [0.4, 0.5) is 0 Å². The lowest BCUT2D eigenvalue weighted by Gasteiger charge is -2.42. The fraction of sp³-hybridized carbons (Fsp3) is 0.450. The number of rotatable bonds is 4. The summed E-state index contributed by atoms with van der Waals surface area (Å²) in [4.78, 5) is 14.6. The van der Waals surface area contributed by atoms with Crippen molar-refractivity contribution in [3.05, 3.63) is 58.0 Å². The molecule has 25 heavy (non-hydrogen) atoms. The number of methoxy groups -OCH3 is 2. The summed E-state index contributed by atoms with van der Waals surface area (Å²) in [5.74, 6) is 2.65. The summed E-state index contributed by atoms with van der Waals surface area (Å²) < 4.78 is 12.8. The molecular formula is C20H24N2O3. The average molecular weight is 340 g/mol. The van der Waals surface area contributed by atoms with Gasteiger partial charge in [-0.05, 0) is 24.5 Å². The molecule has 0 saturated carbocycles. The fourth-order valence-electron chi connectivity index (χ4n) is 4.35. The Morgan fingerprint density at radius 2 is 1.96 bits per heavy atom. The molecule has 2 aromatic rings. The predicted octanol–water partition coefficient (Wildman–Crippen LogP) is 2.48. The van der Waals surface area contributed by atoms with Crippen LogP contribution in [-0.4, -0.2) is 36.8 Å². The van der Waals surface area contributed by atoms with E-state index in [1.807, 2.05) is 22.8 Å². The van der Waals surface area contributed by atoms with Crippen LogP contribution in [0.2, 0.25) is 0 Å². The van der Waals surface area contributed by atoms with Gasteiger partial charge in [-0.15, -0.1) is 0 Å². The molecule has 0 aliphatic carbocycles. The monoisotopic (exact) mass is 340 g/mol. The Labute approximate surface area is 147 Å². The minimum atomic E-state index is 0.137. The van der Waals surface area contributed by atoms with E-state index in [1.54, 1.807) is 20.3 Å². The van der Waals surface area contributed by atoms with Gasteiger partial charge in [0.15, 0.2) is 0 Å². The van der Waals surface area contributed by atoms with Crippen molar-refractivity contribution in [1.29, 1.82) is 0 Å². The molecule has 4 rings (SSSR count). The number of ether oxygens (including phenoxy) is 2. The first kappa shape index (κ1) is 16.2. The van der Waals surface area contributed by atoms with E-state index >= 15 is 0 Å². The minimum absolute atomic E-state index is 0.137. The van der Waals surface area contributed by atoms with E-state index in [2.05, 4.69) is 17.0 Å². The number of aromatic nitrogens is 1. The van der Waals surface area contributed by atoms with Crippen LogP contribution in [0.1, 0.15) is 23.6 Å². The second-order valence-corrected chi connectivity index (χ2v) is 7.07. The summed E-state index contributed by atoms with van der Waals surface area (Å²) in [5.41, 5.74) is 2.50. The van der Waals surface area contributed by atoms with Crippen LogP contribution in [-0.2, 0) is 13.1 Å². The Morgan fingerprint density at radius 1 is 1.08 bits per heavy atom. The lowest BCUT2D eigenvalue weighted by Crippen LogP contribution is -2.46. The van der Waals surface area contributed by atoms with Gasteiger partial charge in [0.25, 0.3) is 5.56 Å². The van der Waals surface area contributed by atoms with Crippen molar-refractivity contribution in [3.8, 4) is 11.5 Å². The predicted molar refractivity (Wildman–Crippen MR) is 96.4 cm³/mol. The summed E-state index contributed by atoms with van der Waals surface area (Å²) in [7, 11) is 3.37. The van der Waals surface area contributed by atoms with E-state index in [0.717, 1.165) is 37.7 Å². The zero-order valence-corrected chi connectivity index (χ0v) is 14.8. The van der Waals surface area contributed by atoms with E-state index in [0.29, 0.717) is 11.8 Å². The second-order valence-electron chi connectivity index (χ2n) is 7.07. The molecule has 5 nitrogen and oxygen atoms in total. The first-order valence-corrected chi connectivity index (χ1v) is 8.81. The third-order valence-corrected chi connectivity index (χ3v) is 5.44. The van der Waals surface area contributed by atoms with Gasteiger partial charge < -0.3 is 14.0 Å². The Morgan fingerprint density at radius 3 is 2.76 bits per heavy atom. The van der Waals surface area contributed by atoms with Crippen LogP contribution in [0, 0.1) is 5.92 Å². The number of benzene rings is 1. The van der Waals surface area contributed by atoms with Gasteiger partial charge in [0, 0.05) is 55.5 Å². The molecule has 0 radical (unpaired) electrons. The quantitative estimate of drug-likeness (QED) is 0.858. The highest BCUT2D eigenvalue weighted by molar-refractivity contribution is 5.40. The van der Waals surface area contributed by atoms with Crippen molar-refractivity contribution >= 4 is 0 Å². The molecule has 2 aliphatic heterocycles. The molecule has 2 atom stereocenters. The van der Waals surface area contributed by atoms with Crippen molar-refractivity contribution < 1.29 is 9.47 Å². The Balaban J connectivity index is 1.56. The van der Waals surface area contributed by atoms with Gasteiger partial charge >= 0.3 is 0 Å². The van der Waals surface area contributed by atoms with Crippen LogP contribution in [0.25, 0.3) is 0 Å². The molecule has 2 bridgehead atoms. The highest BCUT2D eigenvalue weighted by atomic mass is 16.5. The molecule has 1 aromatic heterocycles. The largest absolute Gasteiger partial charge is 0.497 e. The summed E-state index contributed by atoms with van der Waals surface area (Å²) in [6, 6.07) is 11.7. The maximum atomic E-state index is 12.1. The molecule has 3 heterocycles. The normalized spacial score (nSPS) is 22.3. The van der Waals surface area contributed by atoms with Crippen molar-refractivity contribution in [2.24, 2.45) is 5.92 Å². The maximum Gasteiger partial charge on any atom is 0.250 e. The number of piperidine rings is 1. The van der Waals surface area contributed by atoms with E-state index in [1.165, 1.54) is 17.7 Å².